The van der Waals surface area contributed by atoms with Crippen molar-refractivity contribution in [2.75, 3.05) is 0 Å². The Labute approximate surface area is 143 Å². The van der Waals surface area contributed by atoms with E-state index in [0.29, 0.717) is 11.3 Å². The summed E-state index contributed by atoms with van der Waals surface area (Å²) < 4.78 is 14.2. The maximum Gasteiger partial charge on any atom is 0.254 e. The van der Waals surface area contributed by atoms with Crippen molar-refractivity contribution in [1.29, 1.82) is 0 Å². The largest absolute Gasteiger partial charge is 0.349 e. The SMILES string of the molecule is O=C(Cn1cnc(-c2ccc(F)cc2)cc1=O)NCc1ccccn1. The average molecular weight is 338 g/mol. The van der Waals surface area contributed by atoms with Crippen molar-refractivity contribution >= 4 is 5.91 Å². The van der Waals surface area contributed by atoms with E-state index in [4.69, 9.17) is 0 Å². The van der Waals surface area contributed by atoms with E-state index >= 15 is 0 Å². The fraction of sp³-hybridized carbons (Fsp3) is 0.111. The van der Waals surface area contributed by atoms with Crippen molar-refractivity contribution in [3.05, 3.63) is 82.9 Å². The number of nitrogens with one attached hydrogen (secondary N) is 1. The van der Waals surface area contributed by atoms with Crippen LogP contribution in [0.1, 0.15) is 5.69 Å². The minimum atomic E-state index is -0.360. The molecule has 1 aromatic carbocycles. The van der Waals surface area contributed by atoms with Crippen LogP contribution in [0, 0.1) is 5.82 Å². The predicted molar refractivity (Wildman–Crippen MR) is 90.0 cm³/mol. The third kappa shape index (κ3) is 4.35. The Morgan fingerprint density at radius 1 is 1.12 bits per heavy atom. The molecule has 3 aromatic rings. The summed E-state index contributed by atoms with van der Waals surface area (Å²) in [6.07, 6.45) is 2.95. The van der Waals surface area contributed by atoms with Gasteiger partial charge in [0.1, 0.15) is 12.4 Å². The molecule has 0 spiro atoms. The van der Waals surface area contributed by atoms with E-state index in [0.717, 1.165) is 5.69 Å². The molecule has 3 rings (SSSR count). The van der Waals surface area contributed by atoms with Crippen molar-refractivity contribution in [2.24, 2.45) is 0 Å². The van der Waals surface area contributed by atoms with Crippen LogP contribution in [0.3, 0.4) is 0 Å². The smallest absolute Gasteiger partial charge is 0.254 e. The van der Waals surface area contributed by atoms with Gasteiger partial charge >= 0.3 is 0 Å². The Kier molecular flexibility index (Phi) is 4.94. The van der Waals surface area contributed by atoms with Crippen LogP contribution in [0.4, 0.5) is 4.39 Å². The van der Waals surface area contributed by atoms with Gasteiger partial charge in [-0.2, -0.15) is 0 Å². The summed E-state index contributed by atoms with van der Waals surface area (Å²) in [6.45, 7) is 0.151. The lowest BCUT2D eigenvalue weighted by Crippen LogP contribution is -2.32. The van der Waals surface area contributed by atoms with E-state index in [1.807, 2.05) is 6.07 Å². The Bertz CT molecular complexity index is 924. The summed E-state index contributed by atoms with van der Waals surface area (Å²) in [7, 11) is 0. The van der Waals surface area contributed by atoms with E-state index in [1.165, 1.54) is 29.1 Å². The van der Waals surface area contributed by atoms with Gasteiger partial charge in [0.15, 0.2) is 0 Å². The molecular formula is C18H15FN4O2. The van der Waals surface area contributed by atoms with Gasteiger partial charge < -0.3 is 5.32 Å². The van der Waals surface area contributed by atoms with Gasteiger partial charge in [0.2, 0.25) is 5.91 Å². The normalized spacial score (nSPS) is 10.4. The number of carbonyl (C=O) groups excluding carboxylic acids is 1. The molecule has 1 N–H and O–H groups in total. The van der Waals surface area contributed by atoms with Gasteiger partial charge in [-0.25, -0.2) is 9.37 Å². The first-order chi connectivity index (χ1) is 12.1. The molecule has 0 fully saturated rings. The number of benzene rings is 1. The Balaban J connectivity index is 1.66. The van der Waals surface area contributed by atoms with Gasteiger partial charge in [0, 0.05) is 17.8 Å². The number of hydrogen-bond acceptors (Lipinski definition) is 4. The molecule has 2 heterocycles. The highest BCUT2D eigenvalue weighted by atomic mass is 19.1. The monoisotopic (exact) mass is 338 g/mol. The number of amides is 1. The maximum absolute atomic E-state index is 12.9. The van der Waals surface area contributed by atoms with Crippen LogP contribution >= 0.6 is 0 Å². The molecule has 0 aliphatic carbocycles. The summed E-state index contributed by atoms with van der Waals surface area (Å²) in [4.78, 5) is 32.4. The van der Waals surface area contributed by atoms with Crippen LogP contribution in [0.15, 0.2) is 65.8 Å². The second-order valence-corrected chi connectivity index (χ2v) is 5.34. The fourth-order valence-corrected chi connectivity index (χ4v) is 2.23. The number of hydrogen-bond donors (Lipinski definition) is 1. The number of carbonyl (C=O) groups is 1. The first kappa shape index (κ1) is 16.5. The number of aromatic nitrogens is 3. The predicted octanol–water partition coefficient (Wildman–Crippen LogP) is 1.76. The molecular weight excluding hydrogens is 323 g/mol. The molecule has 0 bridgehead atoms. The van der Waals surface area contributed by atoms with Crippen LogP contribution < -0.4 is 10.9 Å². The van der Waals surface area contributed by atoms with Gasteiger partial charge in [-0.3, -0.25) is 19.1 Å². The molecule has 0 radical (unpaired) electrons. The van der Waals surface area contributed by atoms with E-state index in [1.54, 1.807) is 30.5 Å². The highest BCUT2D eigenvalue weighted by Crippen LogP contribution is 2.14. The van der Waals surface area contributed by atoms with Gasteiger partial charge in [-0.05, 0) is 36.4 Å². The molecule has 0 unspecified atom stereocenters. The number of pyridine rings is 1. The summed E-state index contributed by atoms with van der Waals surface area (Å²) in [5.41, 5.74) is 1.43. The molecule has 126 valence electrons. The van der Waals surface area contributed by atoms with Crippen LogP contribution in [0.5, 0.6) is 0 Å². The van der Waals surface area contributed by atoms with E-state index in [9.17, 15) is 14.0 Å². The van der Waals surface area contributed by atoms with Crippen molar-refractivity contribution in [2.45, 2.75) is 13.1 Å². The van der Waals surface area contributed by atoms with Crippen LogP contribution in [0.25, 0.3) is 11.3 Å². The molecule has 2 aromatic heterocycles. The second kappa shape index (κ2) is 7.48. The summed E-state index contributed by atoms with van der Waals surface area (Å²) in [5.74, 6) is -0.675. The number of halogens is 1. The van der Waals surface area contributed by atoms with Crippen LogP contribution in [-0.2, 0) is 17.9 Å². The zero-order valence-corrected chi connectivity index (χ0v) is 13.2. The Morgan fingerprint density at radius 2 is 1.92 bits per heavy atom. The van der Waals surface area contributed by atoms with Crippen molar-refractivity contribution in [1.82, 2.24) is 19.9 Å². The molecule has 7 heteroatoms. The zero-order valence-electron chi connectivity index (χ0n) is 13.2. The molecule has 0 atom stereocenters. The van der Waals surface area contributed by atoms with E-state index < -0.39 is 0 Å². The Hall–Kier alpha value is -3.35. The maximum atomic E-state index is 12.9. The molecule has 0 aliphatic heterocycles. The van der Waals surface area contributed by atoms with Gasteiger partial charge in [-0.15, -0.1) is 0 Å². The lowest BCUT2D eigenvalue weighted by molar-refractivity contribution is -0.121. The highest BCUT2D eigenvalue weighted by Gasteiger charge is 2.07. The molecule has 0 saturated carbocycles. The van der Waals surface area contributed by atoms with Crippen LogP contribution in [0.2, 0.25) is 0 Å². The summed E-state index contributed by atoms with van der Waals surface area (Å²) in [5, 5.41) is 2.70. The lowest BCUT2D eigenvalue weighted by atomic mass is 10.1. The molecule has 6 nitrogen and oxygen atoms in total. The molecule has 0 aliphatic rings. The third-order valence-electron chi connectivity index (χ3n) is 3.53. The molecule has 1 amide bonds. The second-order valence-electron chi connectivity index (χ2n) is 5.34. The molecule has 25 heavy (non-hydrogen) atoms. The van der Waals surface area contributed by atoms with Gasteiger partial charge in [-0.1, -0.05) is 6.07 Å². The minimum absolute atomic E-state index is 0.137. The Morgan fingerprint density at radius 3 is 2.60 bits per heavy atom. The van der Waals surface area contributed by atoms with Crippen molar-refractivity contribution < 1.29 is 9.18 Å². The van der Waals surface area contributed by atoms with Crippen molar-refractivity contribution in [3.8, 4) is 11.3 Å². The standard InChI is InChI=1S/C18H15FN4O2/c19-14-6-4-13(5-7-14)16-9-18(25)23(12-22-16)11-17(24)21-10-15-3-1-2-8-20-15/h1-9,12H,10-11H2,(H,21,24). The zero-order chi connectivity index (χ0) is 17.6. The van der Waals surface area contributed by atoms with Crippen molar-refractivity contribution in [3.63, 3.8) is 0 Å². The number of nitrogens with zero attached hydrogens (tertiary/aromatic N) is 3. The first-order valence-electron chi connectivity index (χ1n) is 7.61. The quantitative estimate of drug-likeness (QED) is 0.769. The third-order valence-corrected chi connectivity index (χ3v) is 3.53. The topological polar surface area (TPSA) is 76.9 Å². The molecule has 0 saturated heterocycles. The van der Waals surface area contributed by atoms with Crippen LogP contribution in [-0.4, -0.2) is 20.4 Å². The number of rotatable bonds is 5. The van der Waals surface area contributed by atoms with E-state index in [2.05, 4.69) is 15.3 Å². The summed E-state index contributed by atoms with van der Waals surface area (Å²) >= 11 is 0. The summed E-state index contributed by atoms with van der Waals surface area (Å²) in [6, 6.07) is 12.4. The fourth-order valence-electron chi connectivity index (χ4n) is 2.23. The van der Waals surface area contributed by atoms with E-state index in [-0.39, 0.29) is 30.4 Å². The van der Waals surface area contributed by atoms with Gasteiger partial charge in [0.05, 0.1) is 24.3 Å². The minimum Gasteiger partial charge on any atom is -0.349 e. The lowest BCUT2D eigenvalue weighted by Gasteiger charge is -2.08. The highest BCUT2D eigenvalue weighted by molar-refractivity contribution is 5.75. The average Bonchev–Trinajstić information content (AvgIpc) is 2.63. The first-order valence-corrected chi connectivity index (χ1v) is 7.61. The van der Waals surface area contributed by atoms with Gasteiger partial charge in [0.25, 0.3) is 5.56 Å².